The summed E-state index contributed by atoms with van der Waals surface area (Å²) in [5.41, 5.74) is 6.15. The van der Waals surface area contributed by atoms with Gasteiger partial charge in [0.2, 0.25) is 0 Å². The summed E-state index contributed by atoms with van der Waals surface area (Å²) in [5.74, 6) is -1.35. The van der Waals surface area contributed by atoms with Crippen LogP contribution < -0.4 is 0 Å². The summed E-state index contributed by atoms with van der Waals surface area (Å²) in [7, 11) is 0. The average Bonchev–Trinajstić information content (AvgIpc) is 2.09. The highest BCUT2D eigenvalue weighted by molar-refractivity contribution is 5.45. The van der Waals surface area contributed by atoms with Crippen molar-refractivity contribution in [2.45, 2.75) is 13.1 Å². The fourth-order valence-corrected chi connectivity index (χ4v) is 1.07. The Kier molecular flexibility index (Phi) is 2.85. The monoisotopic (exact) mass is 219 g/mol. The lowest BCUT2D eigenvalue weighted by Crippen LogP contribution is -2.08. The topological polar surface area (TPSA) is 48.8 Å². The molecule has 0 saturated carbocycles. The molecule has 0 aliphatic heterocycles. The van der Waals surface area contributed by atoms with Crippen molar-refractivity contribution in [3.63, 3.8) is 0 Å². The van der Waals surface area contributed by atoms with Crippen LogP contribution in [0, 0.1) is 12.7 Å². The number of hydrogen-bond donors (Lipinski definition) is 0. The third kappa shape index (κ3) is 2.38. The van der Waals surface area contributed by atoms with Crippen LogP contribution in [0.1, 0.15) is 11.1 Å². The molecule has 1 aromatic carbocycles. The number of halogens is 4. The third-order valence-corrected chi connectivity index (χ3v) is 1.70. The molecule has 1 aromatic rings. The van der Waals surface area contributed by atoms with Gasteiger partial charge in [0.05, 0.1) is 5.56 Å². The number of rotatable bonds is 1. The van der Waals surface area contributed by atoms with E-state index in [9.17, 15) is 17.6 Å². The van der Waals surface area contributed by atoms with Gasteiger partial charge in [0.25, 0.3) is 0 Å². The zero-order valence-electron chi connectivity index (χ0n) is 7.51. The molecule has 0 aromatic heterocycles. The van der Waals surface area contributed by atoms with Gasteiger partial charge in [0.15, 0.2) is 0 Å². The van der Waals surface area contributed by atoms with Crippen molar-refractivity contribution in [2.75, 3.05) is 0 Å². The average molecular weight is 219 g/mol. The minimum Gasteiger partial charge on any atom is -0.206 e. The van der Waals surface area contributed by atoms with Crippen molar-refractivity contribution in [1.29, 1.82) is 0 Å². The molecule has 0 saturated heterocycles. The maximum absolute atomic E-state index is 13.1. The Bertz CT molecular complexity index is 432. The second-order valence-electron chi connectivity index (χ2n) is 2.81. The largest absolute Gasteiger partial charge is 0.419 e. The number of alkyl halides is 3. The Labute approximate surface area is 82.0 Å². The highest BCUT2D eigenvalue weighted by atomic mass is 19.4. The van der Waals surface area contributed by atoms with Gasteiger partial charge in [-0.25, -0.2) is 4.39 Å². The highest BCUT2D eigenvalue weighted by Crippen LogP contribution is 2.35. The zero-order chi connectivity index (χ0) is 11.6. The van der Waals surface area contributed by atoms with Crippen LogP contribution in [0.15, 0.2) is 17.2 Å². The normalized spacial score (nSPS) is 11.0. The maximum atomic E-state index is 13.1. The van der Waals surface area contributed by atoms with Gasteiger partial charge in [-0.1, -0.05) is 5.11 Å². The predicted molar refractivity (Wildman–Crippen MR) is 44.9 cm³/mol. The van der Waals surface area contributed by atoms with Gasteiger partial charge in [-0.15, -0.1) is 0 Å². The number of benzene rings is 1. The van der Waals surface area contributed by atoms with Crippen molar-refractivity contribution in [1.82, 2.24) is 0 Å². The molecule has 1 rings (SSSR count). The first-order chi connectivity index (χ1) is 6.86. The van der Waals surface area contributed by atoms with Crippen molar-refractivity contribution >= 4 is 5.69 Å². The molecule has 0 unspecified atom stereocenters. The van der Waals surface area contributed by atoms with Crippen molar-refractivity contribution in [2.24, 2.45) is 5.11 Å². The van der Waals surface area contributed by atoms with Crippen molar-refractivity contribution in [3.05, 3.63) is 39.5 Å². The van der Waals surface area contributed by atoms with Crippen LogP contribution in [0.25, 0.3) is 10.4 Å². The quantitative estimate of drug-likeness (QED) is 0.295. The Morgan fingerprint density at radius 1 is 1.33 bits per heavy atom. The molecule has 0 atom stereocenters. The highest BCUT2D eigenvalue weighted by Gasteiger charge is 2.34. The summed E-state index contributed by atoms with van der Waals surface area (Å²) in [5, 5.41) is 3.00. The Hall–Kier alpha value is -1.75. The molecule has 7 heteroatoms. The Balaban J connectivity index is 3.44. The fourth-order valence-electron chi connectivity index (χ4n) is 1.07. The second-order valence-corrected chi connectivity index (χ2v) is 2.81. The summed E-state index contributed by atoms with van der Waals surface area (Å²) in [4.78, 5) is 2.34. The van der Waals surface area contributed by atoms with Gasteiger partial charge in [0, 0.05) is 10.6 Å². The first kappa shape index (κ1) is 11.3. The zero-order valence-corrected chi connectivity index (χ0v) is 7.51. The van der Waals surface area contributed by atoms with Crippen LogP contribution in [-0.2, 0) is 6.18 Å². The second kappa shape index (κ2) is 3.78. The van der Waals surface area contributed by atoms with Crippen molar-refractivity contribution in [3.8, 4) is 0 Å². The van der Waals surface area contributed by atoms with E-state index in [2.05, 4.69) is 10.0 Å². The third-order valence-electron chi connectivity index (χ3n) is 1.70. The first-order valence-electron chi connectivity index (χ1n) is 3.78. The van der Waals surface area contributed by atoms with Crippen LogP contribution in [0.2, 0.25) is 0 Å². The summed E-state index contributed by atoms with van der Waals surface area (Å²) >= 11 is 0. The number of hydrogen-bond acceptors (Lipinski definition) is 1. The summed E-state index contributed by atoms with van der Waals surface area (Å²) in [6.07, 6.45) is -4.80. The SMILES string of the molecule is Cc1cc(N=[N+]=[N-])cc(C(F)(F)F)c1F. The number of nitrogens with zero attached hydrogens (tertiary/aromatic N) is 3. The van der Waals surface area contributed by atoms with E-state index in [0.717, 1.165) is 6.07 Å². The van der Waals surface area contributed by atoms with Crippen LogP contribution in [0.4, 0.5) is 23.2 Å². The molecule has 0 heterocycles. The standard InChI is InChI=1S/C8H5F4N3/c1-4-2-5(14-15-13)3-6(7(4)9)8(10,11)12/h2-3H,1H3. The summed E-state index contributed by atoms with van der Waals surface area (Å²) < 4.78 is 49.9. The molecule has 0 bridgehead atoms. The summed E-state index contributed by atoms with van der Waals surface area (Å²) in [6.45, 7) is 1.17. The van der Waals surface area contributed by atoms with E-state index in [-0.39, 0.29) is 11.3 Å². The number of azide groups is 1. The Morgan fingerprint density at radius 3 is 2.40 bits per heavy atom. The van der Waals surface area contributed by atoms with Gasteiger partial charge in [-0.05, 0) is 30.2 Å². The number of aryl methyl sites for hydroxylation is 1. The van der Waals surface area contributed by atoms with Crippen LogP contribution in [0.3, 0.4) is 0 Å². The molecule has 0 aliphatic carbocycles. The molecule has 80 valence electrons. The lowest BCUT2D eigenvalue weighted by atomic mass is 10.1. The minimum atomic E-state index is -4.80. The molecular weight excluding hydrogens is 214 g/mol. The molecule has 0 radical (unpaired) electrons. The fraction of sp³-hybridized carbons (Fsp3) is 0.250. The minimum absolute atomic E-state index is 0.216. The van der Waals surface area contributed by atoms with Gasteiger partial charge in [-0.2, -0.15) is 13.2 Å². The molecule has 0 aliphatic rings. The van der Waals surface area contributed by atoms with E-state index in [1.807, 2.05) is 0 Å². The molecule has 0 N–H and O–H groups in total. The van der Waals surface area contributed by atoms with Crippen LogP contribution in [-0.4, -0.2) is 0 Å². The lowest BCUT2D eigenvalue weighted by Gasteiger charge is -2.10. The smallest absolute Gasteiger partial charge is 0.206 e. The van der Waals surface area contributed by atoms with E-state index in [1.165, 1.54) is 6.92 Å². The lowest BCUT2D eigenvalue weighted by molar-refractivity contribution is -0.140. The first-order valence-corrected chi connectivity index (χ1v) is 3.78. The van der Waals surface area contributed by atoms with E-state index in [4.69, 9.17) is 5.53 Å². The molecule has 0 spiro atoms. The van der Waals surface area contributed by atoms with Crippen LogP contribution in [0.5, 0.6) is 0 Å². The van der Waals surface area contributed by atoms with E-state index < -0.39 is 17.6 Å². The maximum Gasteiger partial charge on any atom is 0.419 e. The molecular formula is C8H5F4N3. The predicted octanol–water partition coefficient (Wildman–Crippen LogP) is 4.09. The van der Waals surface area contributed by atoms with E-state index in [1.54, 1.807) is 0 Å². The van der Waals surface area contributed by atoms with Gasteiger partial charge >= 0.3 is 6.18 Å². The Morgan fingerprint density at radius 2 is 1.93 bits per heavy atom. The summed E-state index contributed by atoms with van der Waals surface area (Å²) in [6, 6.07) is 1.52. The molecule has 0 fully saturated rings. The van der Waals surface area contributed by atoms with E-state index in [0.29, 0.717) is 6.07 Å². The van der Waals surface area contributed by atoms with Crippen molar-refractivity contribution < 1.29 is 17.6 Å². The van der Waals surface area contributed by atoms with Crippen LogP contribution >= 0.6 is 0 Å². The van der Waals surface area contributed by atoms with Gasteiger partial charge in [0.1, 0.15) is 5.82 Å². The van der Waals surface area contributed by atoms with E-state index >= 15 is 0 Å². The molecule has 3 nitrogen and oxygen atoms in total. The van der Waals surface area contributed by atoms with Gasteiger partial charge in [-0.3, -0.25) is 0 Å². The molecule has 15 heavy (non-hydrogen) atoms. The molecule has 0 amide bonds. The van der Waals surface area contributed by atoms with Gasteiger partial charge < -0.3 is 0 Å².